The molecule has 2 aromatic carbocycles. The van der Waals surface area contributed by atoms with E-state index in [-0.39, 0.29) is 19.1 Å². The molecule has 0 saturated carbocycles. The predicted octanol–water partition coefficient (Wildman–Crippen LogP) is 2.67. The summed E-state index contributed by atoms with van der Waals surface area (Å²) in [5.41, 5.74) is 1.63. The molecule has 0 aromatic heterocycles. The van der Waals surface area contributed by atoms with E-state index in [1.54, 1.807) is 4.90 Å². The molecule has 0 radical (unpaired) electrons. The van der Waals surface area contributed by atoms with Gasteiger partial charge in [-0.3, -0.25) is 9.69 Å². The van der Waals surface area contributed by atoms with E-state index in [2.05, 4.69) is 0 Å². The number of aliphatic hydroxyl groups is 1. The van der Waals surface area contributed by atoms with Crippen LogP contribution in [0.5, 0.6) is 0 Å². The van der Waals surface area contributed by atoms with Gasteiger partial charge in [-0.1, -0.05) is 42.5 Å². The van der Waals surface area contributed by atoms with Crippen LogP contribution < -0.4 is 4.90 Å². The van der Waals surface area contributed by atoms with Crippen LogP contribution >= 0.6 is 0 Å². The molecular formula is C23H26N2O5. The molecule has 1 N–H and O–H groups in total. The number of hydrogen-bond donors (Lipinski definition) is 1. The lowest BCUT2D eigenvalue weighted by Gasteiger charge is -2.35. The summed E-state index contributed by atoms with van der Waals surface area (Å²) < 4.78 is 10.7. The van der Waals surface area contributed by atoms with Gasteiger partial charge in [0, 0.05) is 44.8 Å². The van der Waals surface area contributed by atoms with Gasteiger partial charge in [0.25, 0.3) is 0 Å². The largest absolute Gasteiger partial charge is 0.445 e. The van der Waals surface area contributed by atoms with E-state index in [1.807, 2.05) is 54.6 Å². The van der Waals surface area contributed by atoms with Crippen LogP contribution in [0.1, 0.15) is 24.0 Å². The molecule has 4 rings (SSSR count). The van der Waals surface area contributed by atoms with Gasteiger partial charge in [0.1, 0.15) is 13.2 Å². The second-order valence-corrected chi connectivity index (χ2v) is 7.70. The minimum Gasteiger partial charge on any atom is -0.445 e. The van der Waals surface area contributed by atoms with Crippen molar-refractivity contribution in [2.24, 2.45) is 0 Å². The molecule has 0 spiro atoms. The van der Waals surface area contributed by atoms with Gasteiger partial charge in [0.2, 0.25) is 5.91 Å². The summed E-state index contributed by atoms with van der Waals surface area (Å²) in [6, 6.07) is 16.9. The lowest BCUT2D eigenvalue weighted by Crippen LogP contribution is -2.52. The summed E-state index contributed by atoms with van der Waals surface area (Å²) >= 11 is 0. The van der Waals surface area contributed by atoms with Gasteiger partial charge in [-0.25, -0.2) is 4.79 Å². The fourth-order valence-corrected chi connectivity index (χ4v) is 3.86. The minimum atomic E-state index is -0.873. The third-order valence-electron chi connectivity index (χ3n) is 5.72. The molecule has 2 fully saturated rings. The number of ether oxygens (including phenoxy) is 2. The summed E-state index contributed by atoms with van der Waals surface area (Å²) in [5, 5.41) is 10.8. The Labute approximate surface area is 175 Å². The predicted molar refractivity (Wildman–Crippen MR) is 111 cm³/mol. The first-order valence-corrected chi connectivity index (χ1v) is 10.2. The Hall–Kier alpha value is -2.90. The highest BCUT2D eigenvalue weighted by atomic mass is 16.6. The molecule has 0 atom stereocenters. The minimum absolute atomic E-state index is 0.0172. The number of carbonyl (C=O) groups excluding carboxylic acids is 2. The number of amides is 2. The Morgan fingerprint density at radius 2 is 1.73 bits per heavy atom. The van der Waals surface area contributed by atoms with Crippen LogP contribution in [0.25, 0.3) is 0 Å². The highest BCUT2D eigenvalue weighted by Crippen LogP contribution is 2.33. The lowest BCUT2D eigenvalue weighted by atomic mass is 9.86. The van der Waals surface area contributed by atoms with Crippen molar-refractivity contribution in [2.45, 2.75) is 25.0 Å². The second kappa shape index (κ2) is 8.85. The number of hydrogen-bond acceptors (Lipinski definition) is 5. The molecule has 2 saturated heterocycles. The van der Waals surface area contributed by atoms with Crippen LogP contribution in [0.15, 0.2) is 54.6 Å². The average molecular weight is 410 g/mol. The van der Waals surface area contributed by atoms with E-state index in [0.29, 0.717) is 39.1 Å². The van der Waals surface area contributed by atoms with Crippen molar-refractivity contribution in [2.75, 3.05) is 37.7 Å². The van der Waals surface area contributed by atoms with Gasteiger partial charge in [-0.2, -0.15) is 0 Å². The van der Waals surface area contributed by atoms with Crippen molar-refractivity contribution in [3.05, 3.63) is 65.7 Å². The molecule has 0 unspecified atom stereocenters. The van der Waals surface area contributed by atoms with Gasteiger partial charge in [-0.15, -0.1) is 0 Å². The fourth-order valence-electron chi connectivity index (χ4n) is 3.86. The van der Waals surface area contributed by atoms with Crippen LogP contribution in [0.4, 0.5) is 10.5 Å². The normalized spacial score (nSPS) is 18.9. The monoisotopic (exact) mass is 410 g/mol. The van der Waals surface area contributed by atoms with E-state index < -0.39 is 11.7 Å². The molecule has 2 amide bonds. The summed E-state index contributed by atoms with van der Waals surface area (Å²) in [7, 11) is 0. The van der Waals surface area contributed by atoms with E-state index in [1.165, 1.54) is 4.90 Å². The van der Waals surface area contributed by atoms with Gasteiger partial charge in [-0.05, 0) is 23.3 Å². The highest BCUT2D eigenvalue weighted by molar-refractivity contribution is 5.97. The maximum Gasteiger partial charge on any atom is 0.410 e. The topological polar surface area (TPSA) is 79.3 Å². The highest BCUT2D eigenvalue weighted by Gasteiger charge is 2.33. The Morgan fingerprint density at radius 3 is 2.40 bits per heavy atom. The first kappa shape index (κ1) is 20.4. The number of benzene rings is 2. The molecule has 7 heteroatoms. The number of carbonyl (C=O) groups is 2. The summed E-state index contributed by atoms with van der Waals surface area (Å²) in [4.78, 5) is 28.1. The third-order valence-corrected chi connectivity index (χ3v) is 5.72. The van der Waals surface area contributed by atoms with Gasteiger partial charge in [0.15, 0.2) is 0 Å². The maximum atomic E-state index is 12.6. The van der Waals surface area contributed by atoms with Crippen molar-refractivity contribution in [1.82, 2.24) is 4.90 Å². The fraction of sp³-hybridized carbons (Fsp3) is 0.391. The second-order valence-electron chi connectivity index (χ2n) is 7.70. The van der Waals surface area contributed by atoms with Crippen LogP contribution in [0.2, 0.25) is 0 Å². The average Bonchev–Trinajstić information content (AvgIpc) is 2.79. The molecule has 0 aliphatic carbocycles. The lowest BCUT2D eigenvalue weighted by molar-refractivity contribution is -0.120. The standard InChI is InChI=1S/C23H26N2O5/c26-21-16-24(22(27)30-17-18-4-2-1-3-5-18)12-13-25(21)20-8-6-19(7-9-20)23(28)10-14-29-15-11-23/h1-9,28H,10-17H2. The van der Waals surface area contributed by atoms with Crippen molar-refractivity contribution in [3.63, 3.8) is 0 Å². The van der Waals surface area contributed by atoms with E-state index in [4.69, 9.17) is 9.47 Å². The number of nitrogens with zero attached hydrogens (tertiary/aromatic N) is 2. The SMILES string of the molecule is O=C(OCc1ccccc1)N1CCN(c2ccc(C3(O)CCOCC3)cc2)C(=O)C1. The first-order chi connectivity index (χ1) is 14.5. The Bertz CT molecular complexity index is 878. The van der Waals surface area contributed by atoms with Crippen molar-refractivity contribution in [1.29, 1.82) is 0 Å². The Morgan fingerprint density at radius 1 is 1.03 bits per heavy atom. The molecular weight excluding hydrogens is 384 g/mol. The van der Waals surface area contributed by atoms with Crippen molar-refractivity contribution < 1.29 is 24.2 Å². The zero-order valence-corrected chi connectivity index (χ0v) is 16.8. The Balaban J connectivity index is 1.34. The summed E-state index contributed by atoms with van der Waals surface area (Å²) in [6.07, 6.45) is 0.647. The molecule has 2 aliphatic rings. The molecule has 2 aliphatic heterocycles. The molecule has 2 heterocycles. The molecule has 30 heavy (non-hydrogen) atoms. The number of piperazine rings is 1. The van der Waals surface area contributed by atoms with Gasteiger partial charge < -0.3 is 19.5 Å². The third kappa shape index (κ3) is 4.47. The number of anilines is 1. The van der Waals surface area contributed by atoms with Gasteiger partial charge in [0.05, 0.1) is 5.60 Å². The smallest absolute Gasteiger partial charge is 0.410 e. The zero-order chi connectivity index (χ0) is 21.0. The van der Waals surface area contributed by atoms with Crippen LogP contribution in [-0.4, -0.2) is 54.9 Å². The van der Waals surface area contributed by atoms with E-state index >= 15 is 0 Å². The zero-order valence-electron chi connectivity index (χ0n) is 16.8. The van der Waals surface area contributed by atoms with Crippen molar-refractivity contribution in [3.8, 4) is 0 Å². The number of rotatable bonds is 4. The summed E-state index contributed by atoms with van der Waals surface area (Å²) in [6.45, 7) is 2.05. The Kier molecular flexibility index (Phi) is 6.01. The quantitative estimate of drug-likeness (QED) is 0.838. The molecule has 0 bridgehead atoms. The van der Waals surface area contributed by atoms with E-state index in [0.717, 1.165) is 16.8 Å². The van der Waals surface area contributed by atoms with Crippen LogP contribution in [-0.2, 0) is 26.5 Å². The first-order valence-electron chi connectivity index (χ1n) is 10.2. The molecule has 2 aromatic rings. The molecule has 158 valence electrons. The van der Waals surface area contributed by atoms with Gasteiger partial charge >= 0.3 is 6.09 Å². The van der Waals surface area contributed by atoms with Crippen LogP contribution in [0.3, 0.4) is 0 Å². The summed E-state index contributed by atoms with van der Waals surface area (Å²) in [5.74, 6) is -0.157. The maximum absolute atomic E-state index is 12.6. The molecule has 7 nitrogen and oxygen atoms in total. The van der Waals surface area contributed by atoms with Crippen molar-refractivity contribution >= 4 is 17.7 Å². The van der Waals surface area contributed by atoms with Crippen LogP contribution in [0, 0.1) is 0 Å². The van der Waals surface area contributed by atoms with E-state index in [9.17, 15) is 14.7 Å².